The summed E-state index contributed by atoms with van der Waals surface area (Å²) < 4.78 is 50.2. The van der Waals surface area contributed by atoms with Crippen molar-refractivity contribution in [2.45, 2.75) is 18.1 Å². The van der Waals surface area contributed by atoms with Crippen LogP contribution in [0.4, 0.5) is 14.5 Å². The minimum Gasteiger partial charge on any atom is -0.351 e. The van der Waals surface area contributed by atoms with Crippen molar-refractivity contribution < 1.29 is 22.0 Å². The second-order valence-electron chi connectivity index (χ2n) is 4.80. The third-order valence-corrected chi connectivity index (χ3v) is 5.68. The van der Waals surface area contributed by atoms with Gasteiger partial charge in [-0.25, -0.2) is 17.2 Å². The van der Waals surface area contributed by atoms with Gasteiger partial charge in [-0.2, -0.15) is 0 Å². The third-order valence-electron chi connectivity index (χ3n) is 3.40. The van der Waals surface area contributed by atoms with E-state index in [1.165, 1.54) is 0 Å². The molecule has 0 saturated carbocycles. The average molecular weight is 319 g/mol. The maximum Gasteiger partial charge on any atom is 0.251 e. The number of halogens is 2. The molecule has 0 bridgehead atoms. The number of anilines is 1. The fraction of sp³-hybridized carbons (Fsp3) is 0.417. The van der Waals surface area contributed by atoms with Crippen molar-refractivity contribution in [1.82, 2.24) is 5.32 Å². The molecule has 4 N–H and O–H groups in total. The zero-order valence-corrected chi connectivity index (χ0v) is 11.8. The van der Waals surface area contributed by atoms with E-state index in [0.717, 1.165) is 12.1 Å². The van der Waals surface area contributed by atoms with Crippen molar-refractivity contribution >= 4 is 21.4 Å². The topological polar surface area (TPSA) is 101 Å². The number of hydrogen-bond acceptors (Lipinski definition) is 5. The number of nitrogens with two attached hydrogens (primary N) is 1. The minimum absolute atomic E-state index is 0.0682. The molecular weight excluding hydrogens is 304 g/mol. The maximum absolute atomic E-state index is 13.5. The highest BCUT2D eigenvalue weighted by molar-refractivity contribution is 7.92. The molecule has 21 heavy (non-hydrogen) atoms. The molecule has 1 amide bonds. The molecule has 1 fully saturated rings. The van der Waals surface area contributed by atoms with Gasteiger partial charge in [0, 0.05) is 12.1 Å². The van der Waals surface area contributed by atoms with Gasteiger partial charge in [0.25, 0.3) is 5.91 Å². The molecule has 1 aromatic carbocycles. The highest BCUT2D eigenvalue weighted by Crippen LogP contribution is 2.21. The summed E-state index contributed by atoms with van der Waals surface area (Å²) in [6, 6.07) is 1.66. The summed E-state index contributed by atoms with van der Waals surface area (Å²) in [6.07, 6.45) is 1.03. The molecular formula is C12H15F2N3O3S. The quantitative estimate of drug-likeness (QED) is 0.556. The number of carbonyl (C=O) groups is 1. The van der Waals surface area contributed by atoms with E-state index in [1.54, 1.807) is 0 Å². The number of carbonyl (C=O) groups excluding carboxylic acids is 1. The predicted octanol–water partition coefficient (Wildman–Crippen LogP) is 0.557. The van der Waals surface area contributed by atoms with Crippen molar-refractivity contribution in [3.8, 4) is 0 Å². The van der Waals surface area contributed by atoms with Gasteiger partial charge < -0.3 is 10.7 Å². The number of sulfone groups is 1. The van der Waals surface area contributed by atoms with Crippen LogP contribution in [-0.2, 0) is 9.84 Å². The van der Waals surface area contributed by atoms with Gasteiger partial charge in [-0.15, -0.1) is 0 Å². The van der Waals surface area contributed by atoms with Crippen LogP contribution in [0.3, 0.4) is 0 Å². The van der Waals surface area contributed by atoms with Crippen LogP contribution < -0.4 is 16.6 Å². The van der Waals surface area contributed by atoms with Crippen LogP contribution in [0.1, 0.15) is 23.2 Å². The van der Waals surface area contributed by atoms with Crippen molar-refractivity contribution in [3.63, 3.8) is 0 Å². The number of nitrogen functional groups attached to an aromatic ring is 1. The number of rotatable bonds is 4. The van der Waals surface area contributed by atoms with Gasteiger partial charge in [-0.1, -0.05) is 0 Å². The molecule has 1 aliphatic heterocycles. The van der Waals surface area contributed by atoms with Crippen LogP contribution in [0, 0.1) is 11.6 Å². The number of amides is 1. The van der Waals surface area contributed by atoms with Crippen LogP contribution in [0.15, 0.2) is 12.1 Å². The zero-order valence-electron chi connectivity index (χ0n) is 11.0. The predicted molar refractivity (Wildman–Crippen MR) is 73.3 cm³/mol. The lowest BCUT2D eigenvalue weighted by atomic mass is 10.1. The van der Waals surface area contributed by atoms with E-state index >= 15 is 0 Å². The normalized spacial score (nSPS) is 20.2. The Morgan fingerprint density at radius 1 is 1.33 bits per heavy atom. The molecule has 116 valence electrons. The Labute approximate surface area is 120 Å². The standard InChI is InChI=1S/C12H15F2N3O3S/c13-9-4-7(5-10(14)11(9)17-15)12(18)16-6-8-2-1-3-21(8,19)20/h4-5,8,17H,1-3,6,15H2,(H,16,18). The summed E-state index contributed by atoms with van der Waals surface area (Å²) in [4.78, 5) is 11.8. The number of nitrogens with one attached hydrogen (secondary N) is 2. The fourth-order valence-corrected chi connectivity index (χ4v) is 4.00. The Balaban J connectivity index is 2.07. The van der Waals surface area contributed by atoms with Crippen molar-refractivity contribution in [2.75, 3.05) is 17.7 Å². The first-order valence-corrected chi connectivity index (χ1v) is 8.02. The van der Waals surface area contributed by atoms with E-state index in [1.807, 2.05) is 5.43 Å². The zero-order chi connectivity index (χ0) is 15.6. The number of benzene rings is 1. The van der Waals surface area contributed by atoms with E-state index in [2.05, 4.69) is 5.32 Å². The lowest BCUT2D eigenvalue weighted by Gasteiger charge is -2.12. The highest BCUT2D eigenvalue weighted by atomic mass is 32.2. The first-order valence-electron chi connectivity index (χ1n) is 6.30. The Hall–Kier alpha value is -1.74. The molecule has 0 aliphatic carbocycles. The summed E-state index contributed by atoms with van der Waals surface area (Å²) in [5.74, 6) is 2.31. The molecule has 1 aliphatic rings. The first kappa shape index (κ1) is 15.6. The van der Waals surface area contributed by atoms with Gasteiger partial charge >= 0.3 is 0 Å². The van der Waals surface area contributed by atoms with E-state index in [-0.39, 0.29) is 17.9 Å². The fourth-order valence-electron chi connectivity index (χ4n) is 2.24. The molecule has 0 spiro atoms. The number of hydrogen-bond donors (Lipinski definition) is 3. The lowest BCUT2D eigenvalue weighted by Crippen LogP contribution is -2.34. The van der Waals surface area contributed by atoms with E-state index in [0.29, 0.717) is 12.8 Å². The third kappa shape index (κ3) is 3.30. The second kappa shape index (κ2) is 5.94. The van der Waals surface area contributed by atoms with E-state index in [4.69, 9.17) is 5.84 Å². The molecule has 2 rings (SSSR count). The van der Waals surface area contributed by atoms with Crippen LogP contribution in [0.25, 0.3) is 0 Å². The molecule has 1 unspecified atom stereocenters. The van der Waals surface area contributed by atoms with Gasteiger partial charge in [0.2, 0.25) is 0 Å². The van der Waals surface area contributed by atoms with Gasteiger partial charge in [0.05, 0.1) is 11.0 Å². The lowest BCUT2D eigenvalue weighted by molar-refractivity contribution is 0.0952. The smallest absolute Gasteiger partial charge is 0.251 e. The molecule has 0 radical (unpaired) electrons. The minimum atomic E-state index is -3.18. The van der Waals surface area contributed by atoms with E-state index < -0.39 is 38.3 Å². The van der Waals surface area contributed by atoms with Gasteiger partial charge in [-0.05, 0) is 25.0 Å². The van der Waals surface area contributed by atoms with Gasteiger partial charge in [0.1, 0.15) is 5.69 Å². The van der Waals surface area contributed by atoms with Crippen molar-refractivity contribution in [3.05, 3.63) is 29.3 Å². The Kier molecular flexibility index (Phi) is 4.43. The summed E-state index contributed by atoms with van der Waals surface area (Å²) in [5, 5.41) is 1.75. The summed E-state index contributed by atoms with van der Waals surface area (Å²) in [6.45, 7) is -0.0682. The van der Waals surface area contributed by atoms with Crippen molar-refractivity contribution in [1.29, 1.82) is 0 Å². The Morgan fingerprint density at radius 2 is 1.95 bits per heavy atom. The first-order chi connectivity index (χ1) is 9.85. The largest absolute Gasteiger partial charge is 0.351 e. The van der Waals surface area contributed by atoms with Crippen LogP contribution in [-0.4, -0.2) is 31.9 Å². The summed E-state index contributed by atoms with van der Waals surface area (Å²) >= 11 is 0. The Morgan fingerprint density at radius 3 is 2.43 bits per heavy atom. The van der Waals surface area contributed by atoms with Gasteiger partial charge in [-0.3, -0.25) is 10.6 Å². The van der Waals surface area contributed by atoms with Gasteiger partial charge in [0.15, 0.2) is 21.5 Å². The van der Waals surface area contributed by atoms with E-state index in [9.17, 15) is 22.0 Å². The van der Waals surface area contributed by atoms with Crippen molar-refractivity contribution in [2.24, 2.45) is 5.84 Å². The molecule has 6 nitrogen and oxygen atoms in total. The SMILES string of the molecule is NNc1c(F)cc(C(=O)NCC2CCCS2(=O)=O)cc1F. The van der Waals surface area contributed by atoms with Crippen LogP contribution >= 0.6 is 0 Å². The highest BCUT2D eigenvalue weighted by Gasteiger charge is 2.31. The summed E-state index contributed by atoms with van der Waals surface area (Å²) in [7, 11) is -3.18. The monoisotopic (exact) mass is 319 g/mol. The summed E-state index contributed by atoms with van der Waals surface area (Å²) in [5.41, 5.74) is 1.08. The molecule has 1 saturated heterocycles. The Bertz CT molecular complexity index is 641. The number of hydrazine groups is 1. The average Bonchev–Trinajstić information content (AvgIpc) is 2.74. The van der Waals surface area contributed by atoms with Crippen LogP contribution in [0.2, 0.25) is 0 Å². The second-order valence-corrected chi connectivity index (χ2v) is 7.20. The molecule has 1 heterocycles. The molecule has 9 heteroatoms. The molecule has 0 aromatic heterocycles. The maximum atomic E-state index is 13.5. The molecule has 1 atom stereocenters. The molecule has 1 aromatic rings. The van der Waals surface area contributed by atoms with Crippen LogP contribution in [0.5, 0.6) is 0 Å².